The van der Waals surface area contributed by atoms with Gasteiger partial charge in [-0.25, -0.2) is 13.2 Å². The maximum Gasteiger partial charge on any atom is 0.319 e. The first-order valence-corrected chi connectivity index (χ1v) is 17.4. The summed E-state index contributed by atoms with van der Waals surface area (Å²) in [6.07, 6.45) is 5.93. The van der Waals surface area contributed by atoms with Gasteiger partial charge in [-0.3, -0.25) is 19.8 Å². The molecule has 0 bridgehead atoms. The molecule has 264 valence electrons. The number of likely N-dealkylation sites (N-methyl/N-ethyl adjacent to an activating group) is 1. The molecule has 10 nitrogen and oxygen atoms in total. The first-order valence-electron chi connectivity index (χ1n) is 17.1. The van der Waals surface area contributed by atoms with E-state index < -0.39 is 29.3 Å². The summed E-state index contributed by atoms with van der Waals surface area (Å²) in [5, 5.41) is 8.58. The van der Waals surface area contributed by atoms with Crippen LogP contribution < -0.4 is 9.64 Å². The third-order valence-electron chi connectivity index (χ3n) is 10.6. The van der Waals surface area contributed by atoms with E-state index in [2.05, 4.69) is 25.1 Å². The van der Waals surface area contributed by atoms with E-state index in [0.29, 0.717) is 64.3 Å². The molecule has 3 aliphatic heterocycles. The van der Waals surface area contributed by atoms with Gasteiger partial charge in [-0.1, -0.05) is 23.7 Å². The molecule has 3 atom stereocenters. The van der Waals surface area contributed by atoms with Crippen molar-refractivity contribution in [2.45, 2.75) is 50.4 Å². The van der Waals surface area contributed by atoms with Crippen molar-refractivity contribution in [3.8, 4) is 17.1 Å². The summed E-state index contributed by atoms with van der Waals surface area (Å²) in [6.45, 7) is 3.70. The number of nitrogens with one attached hydrogen (secondary N) is 1. The van der Waals surface area contributed by atoms with Gasteiger partial charge in [0.1, 0.15) is 24.1 Å². The highest BCUT2D eigenvalue weighted by atomic mass is 35.5. The predicted molar refractivity (Wildman–Crippen MR) is 190 cm³/mol. The molecular formula is C37H36ClF3N8O2. The Morgan fingerprint density at radius 3 is 2.88 bits per heavy atom. The number of anilines is 1. The average Bonchev–Trinajstić information content (AvgIpc) is 3.93. The van der Waals surface area contributed by atoms with Crippen LogP contribution in [0, 0.1) is 12.7 Å². The molecule has 14 heteroatoms. The number of ether oxygens (including phenoxy) is 1. The minimum Gasteiger partial charge on any atom is -0.461 e. The van der Waals surface area contributed by atoms with Gasteiger partial charge in [0.05, 0.1) is 28.0 Å². The second kappa shape index (κ2) is 13.1. The standard InChI is InChI=1S/C37H36ClF3N8O2/c1-21-14-29-27(17-43-46-29)30(31(21)38)25-7-8-26-33(32(25)41)44-36(51-20-37-10-5-12-49(37)18-22(39)16-37)45-34(26)47(2)24-9-13-48(19-24)35(50)28(40)15-23-6-3-4-11-42-23/h3-4,6-8,11,14-15,17,22,24H,5,9-10,12-13,16,18-20H2,1-2H3,(H,43,46)/b28-15-/t22-,24-,37+/m1/s1. The number of aromatic nitrogens is 5. The summed E-state index contributed by atoms with van der Waals surface area (Å²) in [5.74, 6) is -1.85. The number of alkyl halides is 1. The molecule has 0 spiro atoms. The Morgan fingerprint density at radius 1 is 1.20 bits per heavy atom. The number of H-pyrrole nitrogens is 1. The van der Waals surface area contributed by atoms with Crippen LogP contribution in [0.3, 0.4) is 0 Å². The molecule has 3 saturated heterocycles. The molecule has 0 saturated carbocycles. The van der Waals surface area contributed by atoms with Crippen molar-refractivity contribution in [1.29, 1.82) is 0 Å². The van der Waals surface area contributed by atoms with Gasteiger partial charge in [-0.05, 0) is 62.6 Å². The number of carbonyl (C=O) groups excluding carboxylic acids is 1. The zero-order valence-electron chi connectivity index (χ0n) is 28.2. The number of fused-ring (bicyclic) bond motifs is 3. The number of carbonyl (C=O) groups is 1. The Labute approximate surface area is 297 Å². The highest BCUT2D eigenvalue weighted by molar-refractivity contribution is 6.36. The third-order valence-corrected chi connectivity index (χ3v) is 11.1. The summed E-state index contributed by atoms with van der Waals surface area (Å²) in [6, 6.07) is 10.0. The maximum absolute atomic E-state index is 16.9. The fourth-order valence-corrected chi connectivity index (χ4v) is 8.24. The molecule has 0 unspecified atom stereocenters. The first-order chi connectivity index (χ1) is 24.6. The van der Waals surface area contributed by atoms with E-state index >= 15 is 8.78 Å². The molecule has 8 rings (SSSR count). The normalized spacial score (nSPS) is 22.3. The lowest BCUT2D eigenvalue weighted by atomic mass is 9.95. The zero-order valence-corrected chi connectivity index (χ0v) is 28.9. The lowest BCUT2D eigenvalue weighted by Gasteiger charge is -2.31. The number of hydrogen-bond acceptors (Lipinski definition) is 8. The Bertz CT molecular complexity index is 2180. The monoisotopic (exact) mass is 716 g/mol. The summed E-state index contributed by atoms with van der Waals surface area (Å²) in [5.41, 5.74) is 2.11. The van der Waals surface area contributed by atoms with Crippen LogP contribution in [0.5, 0.6) is 6.01 Å². The van der Waals surface area contributed by atoms with Crippen molar-refractivity contribution >= 4 is 51.2 Å². The molecule has 51 heavy (non-hydrogen) atoms. The highest BCUT2D eigenvalue weighted by Crippen LogP contribution is 2.43. The molecule has 6 heterocycles. The van der Waals surface area contributed by atoms with Gasteiger partial charge in [-0.15, -0.1) is 0 Å². The Balaban J connectivity index is 1.16. The van der Waals surface area contributed by atoms with E-state index in [9.17, 15) is 9.18 Å². The maximum atomic E-state index is 16.9. The van der Waals surface area contributed by atoms with E-state index in [0.717, 1.165) is 31.0 Å². The molecule has 5 aromatic rings. The van der Waals surface area contributed by atoms with Crippen LogP contribution in [-0.4, -0.2) is 98.4 Å². The van der Waals surface area contributed by atoms with Crippen LogP contribution >= 0.6 is 11.6 Å². The van der Waals surface area contributed by atoms with Crippen LogP contribution in [0.25, 0.3) is 39.0 Å². The number of hydrogen-bond donors (Lipinski definition) is 1. The van der Waals surface area contributed by atoms with E-state index in [4.69, 9.17) is 21.3 Å². The minimum absolute atomic E-state index is 0.0272. The lowest BCUT2D eigenvalue weighted by Crippen LogP contribution is -2.43. The van der Waals surface area contributed by atoms with Gasteiger partial charge < -0.3 is 14.5 Å². The fourth-order valence-electron chi connectivity index (χ4n) is 7.98. The smallest absolute Gasteiger partial charge is 0.319 e. The Hall–Kier alpha value is -4.75. The number of likely N-dealkylation sites (tertiary alicyclic amines) is 1. The van der Waals surface area contributed by atoms with Crippen molar-refractivity contribution in [3.05, 3.63) is 76.7 Å². The number of rotatable bonds is 8. The van der Waals surface area contributed by atoms with Crippen LogP contribution in [0.1, 0.15) is 36.9 Å². The van der Waals surface area contributed by atoms with Gasteiger partial charge >= 0.3 is 6.01 Å². The summed E-state index contributed by atoms with van der Waals surface area (Å²) in [7, 11) is 1.81. The topological polar surface area (TPSA) is 103 Å². The molecule has 0 aliphatic carbocycles. The predicted octanol–water partition coefficient (Wildman–Crippen LogP) is 6.67. The molecule has 2 aromatic carbocycles. The lowest BCUT2D eigenvalue weighted by molar-refractivity contribution is -0.127. The number of pyridine rings is 1. The third kappa shape index (κ3) is 5.95. The number of halogens is 4. The quantitative estimate of drug-likeness (QED) is 0.178. The van der Waals surface area contributed by atoms with Gasteiger partial charge in [0.2, 0.25) is 0 Å². The van der Waals surface area contributed by atoms with Gasteiger partial charge in [0.15, 0.2) is 11.6 Å². The minimum atomic E-state index is -0.941. The summed E-state index contributed by atoms with van der Waals surface area (Å²) >= 11 is 6.80. The Morgan fingerprint density at radius 2 is 2.06 bits per heavy atom. The van der Waals surface area contributed by atoms with E-state index in [1.54, 1.807) is 36.5 Å². The second-order valence-corrected chi connectivity index (χ2v) is 14.2. The summed E-state index contributed by atoms with van der Waals surface area (Å²) < 4.78 is 52.8. The number of aryl methyl sites for hydroxylation is 1. The van der Waals surface area contributed by atoms with Crippen molar-refractivity contribution < 1.29 is 22.7 Å². The number of nitrogens with zero attached hydrogens (tertiary/aromatic N) is 7. The largest absolute Gasteiger partial charge is 0.461 e. The molecule has 3 aromatic heterocycles. The van der Waals surface area contributed by atoms with Gasteiger partial charge in [0, 0.05) is 73.3 Å². The molecule has 3 fully saturated rings. The number of aromatic amines is 1. The van der Waals surface area contributed by atoms with Crippen LogP contribution in [-0.2, 0) is 4.79 Å². The van der Waals surface area contributed by atoms with Crippen LogP contribution in [0.4, 0.5) is 19.0 Å². The van der Waals surface area contributed by atoms with E-state index in [1.165, 1.54) is 11.1 Å². The van der Waals surface area contributed by atoms with E-state index in [-0.39, 0.29) is 36.3 Å². The fraction of sp³-hybridized carbons (Fsp3) is 0.378. The molecule has 0 radical (unpaired) electrons. The number of amides is 1. The van der Waals surface area contributed by atoms with Gasteiger partial charge in [0.25, 0.3) is 5.91 Å². The van der Waals surface area contributed by atoms with E-state index in [1.807, 2.05) is 24.9 Å². The average molecular weight is 717 g/mol. The van der Waals surface area contributed by atoms with Gasteiger partial charge in [-0.2, -0.15) is 15.1 Å². The number of benzene rings is 2. The Kier molecular flexibility index (Phi) is 8.58. The molecule has 1 amide bonds. The zero-order chi connectivity index (χ0) is 35.4. The molecule has 1 N–H and O–H groups in total. The highest BCUT2D eigenvalue weighted by Gasteiger charge is 2.49. The molecular weight excluding hydrogens is 681 g/mol. The van der Waals surface area contributed by atoms with Crippen molar-refractivity contribution in [2.75, 3.05) is 44.7 Å². The van der Waals surface area contributed by atoms with Crippen molar-refractivity contribution in [3.63, 3.8) is 0 Å². The second-order valence-electron chi connectivity index (χ2n) is 13.8. The van der Waals surface area contributed by atoms with Crippen LogP contribution in [0.2, 0.25) is 5.02 Å². The first kappa shape index (κ1) is 33.4. The van der Waals surface area contributed by atoms with Crippen molar-refractivity contribution in [2.24, 2.45) is 0 Å². The van der Waals surface area contributed by atoms with Crippen molar-refractivity contribution in [1.82, 2.24) is 34.9 Å². The molecule has 3 aliphatic rings. The van der Waals surface area contributed by atoms with Crippen LogP contribution in [0.15, 0.2) is 54.6 Å². The SMILES string of the molecule is Cc1cc2[nH]ncc2c(-c2ccc3c(N(C)[C@@H]4CCN(C(=O)/C(F)=C/c5ccccn5)C4)nc(OC[C@@]45CCCN4C[C@H](F)C5)nc3c2F)c1Cl. The summed E-state index contributed by atoms with van der Waals surface area (Å²) in [4.78, 5) is 32.0.